The summed E-state index contributed by atoms with van der Waals surface area (Å²) in [6.45, 7) is 0.548. The van der Waals surface area contributed by atoms with Gasteiger partial charge in [0.1, 0.15) is 0 Å². The van der Waals surface area contributed by atoms with E-state index in [2.05, 4.69) is 4.98 Å². The minimum atomic E-state index is -0.0858. The lowest BCUT2D eigenvalue weighted by Gasteiger charge is -2.02. The van der Waals surface area contributed by atoms with Crippen molar-refractivity contribution in [1.82, 2.24) is 4.98 Å². The number of benzene rings is 1. The SMILES string of the molecule is NCc1ccc(-c2ccc(=O)[nH]c2)cc1. The van der Waals surface area contributed by atoms with Crippen LogP contribution in [0.4, 0.5) is 0 Å². The molecule has 0 saturated heterocycles. The topological polar surface area (TPSA) is 58.9 Å². The lowest BCUT2D eigenvalue weighted by molar-refractivity contribution is 1.07. The van der Waals surface area contributed by atoms with Crippen molar-refractivity contribution in [3.05, 3.63) is 58.5 Å². The van der Waals surface area contributed by atoms with Crippen LogP contribution in [0, 0.1) is 0 Å². The predicted molar refractivity (Wildman–Crippen MR) is 60.4 cm³/mol. The van der Waals surface area contributed by atoms with E-state index in [1.807, 2.05) is 24.3 Å². The Kier molecular flexibility index (Phi) is 2.65. The fourth-order valence-corrected chi connectivity index (χ4v) is 1.42. The molecule has 0 radical (unpaired) electrons. The smallest absolute Gasteiger partial charge is 0.247 e. The van der Waals surface area contributed by atoms with Crippen LogP contribution in [0.15, 0.2) is 47.4 Å². The summed E-state index contributed by atoms with van der Waals surface area (Å²) in [5, 5.41) is 0. The van der Waals surface area contributed by atoms with Crippen LogP contribution >= 0.6 is 0 Å². The van der Waals surface area contributed by atoms with Gasteiger partial charge in [0, 0.05) is 18.8 Å². The summed E-state index contributed by atoms with van der Waals surface area (Å²) in [6, 6.07) is 11.3. The molecule has 0 fully saturated rings. The summed E-state index contributed by atoms with van der Waals surface area (Å²) in [5.74, 6) is 0. The number of aromatic amines is 1. The summed E-state index contributed by atoms with van der Waals surface area (Å²) < 4.78 is 0. The Morgan fingerprint density at radius 1 is 1.00 bits per heavy atom. The lowest BCUT2D eigenvalue weighted by atomic mass is 10.1. The highest BCUT2D eigenvalue weighted by molar-refractivity contribution is 5.62. The van der Waals surface area contributed by atoms with Gasteiger partial charge in [0.25, 0.3) is 0 Å². The molecule has 1 heterocycles. The Morgan fingerprint density at radius 2 is 1.67 bits per heavy atom. The summed E-state index contributed by atoms with van der Waals surface area (Å²) in [7, 11) is 0. The van der Waals surface area contributed by atoms with Gasteiger partial charge in [0.15, 0.2) is 0 Å². The second kappa shape index (κ2) is 4.11. The molecule has 1 aromatic carbocycles. The van der Waals surface area contributed by atoms with Gasteiger partial charge < -0.3 is 10.7 Å². The Bertz CT molecular complexity index is 479. The average Bonchev–Trinajstić information content (AvgIpc) is 2.30. The second-order valence-electron chi connectivity index (χ2n) is 3.34. The maximum atomic E-state index is 10.9. The van der Waals surface area contributed by atoms with E-state index in [1.54, 1.807) is 12.3 Å². The quantitative estimate of drug-likeness (QED) is 0.771. The molecule has 0 amide bonds. The Hall–Kier alpha value is -1.87. The van der Waals surface area contributed by atoms with E-state index in [0.717, 1.165) is 16.7 Å². The molecule has 0 aliphatic heterocycles. The van der Waals surface area contributed by atoms with Gasteiger partial charge in [-0.15, -0.1) is 0 Å². The fourth-order valence-electron chi connectivity index (χ4n) is 1.42. The maximum Gasteiger partial charge on any atom is 0.247 e. The number of nitrogens with one attached hydrogen (secondary N) is 1. The monoisotopic (exact) mass is 200 g/mol. The molecule has 3 heteroatoms. The van der Waals surface area contributed by atoms with Crippen LogP contribution in [0.3, 0.4) is 0 Å². The van der Waals surface area contributed by atoms with Gasteiger partial charge in [-0.25, -0.2) is 0 Å². The molecule has 0 atom stereocenters. The van der Waals surface area contributed by atoms with Crippen LogP contribution in [0.5, 0.6) is 0 Å². The first kappa shape index (κ1) is 9.68. The van der Waals surface area contributed by atoms with E-state index in [-0.39, 0.29) is 5.56 Å². The van der Waals surface area contributed by atoms with Crippen molar-refractivity contribution in [1.29, 1.82) is 0 Å². The zero-order valence-electron chi connectivity index (χ0n) is 8.23. The first-order valence-corrected chi connectivity index (χ1v) is 4.78. The molecule has 0 bridgehead atoms. The van der Waals surface area contributed by atoms with Gasteiger partial charge in [-0.2, -0.15) is 0 Å². The Balaban J connectivity index is 2.37. The van der Waals surface area contributed by atoms with Crippen molar-refractivity contribution in [2.24, 2.45) is 5.73 Å². The first-order chi connectivity index (χ1) is 7.29. The number of H-pyrrole nitrogens is 1. The van der Waals surface area contributed by atoms with Crippen molar-refractivity contribution in [2.75, 3.05) is 0 Å². The minimum absolute atomic E-state index is 0.0858. The standard InChI is InChI=1S/C12H12N2O/c13-7-9-1-3-10(4-2-9)11-5-6-12(15)14-8-11/h1-6,8H,7,13H2,(H,14,15). The van der Waals surface area contributed by atoms with Crippen molar-refractivity contribution in [3.63, 3.8) is 0 Å². The predicted octanol–water partition coefficient (Wildman–Crippen LogP) is 1.50. The molecular weight excluding hydrogens is 188 g/mol. The van der Waals surface area contributed by atoms with Crippen LogP contribution in [0.25, 0.3) is 11.1 Å². The molecule has 3 N–H and O–H groups in total. The molecule has 0 saturated carbocycles. The van der Waals surface area contributed by atoms with Gasteiger partial charge in [0.05, 0.1) is 0 Å². The molecule has 15 heavy (non-hydrogen) atoms. The van der Waals surface area contributed by atoms with Gasteiger partial charge in [0.2, 0.25) is 5.56 Å². The molecule has 2 rings (SSSR count). The summed E-state index contributed by atoms with van der Waals surface area (Å²) in [4.78, 5) is 13.5. The van der Waals surface area contributed by atoms with Crippen LogP contribution in [0.1, 0.15) is 5.56 Å². The minimum Gasteiger partial charge on any atom is -0.328 e. The number of hydrogen-bond donors (Lipinski definition) is 2. The summed E-state index contributed by atoms with van der Waals surface area (Å²) in [5.41, 5.74) is 8.60. The van der Waals surface area contributed by atoms with Crippen molar-refractivity contribution in [3.8, 4) is 11.1 Å². The number of aromatic nitrogens is 1. The molecule has 0 unspecified atom stereocenters. The maximum absolute atomic E-state index is 10.9. The number of hydrogen-bond acceptors (Lipinski definition) is 2. The molecule has 1 aromatic heterocycles. The second-order valence-corrected chi connectivity index (χ2v) is 3.34. The van der Waals surface area contributed by atoms with E-state index >= 15 is 0 Å². The van der Waals surface area contributed by atoms with Crippen LogP contribution < -0.4 is 11.3 Å². The zero-order chi connectivity index (χ0) is 10.7. The van der Waals surface area contributed by atoms with Gasteiger partial charge in [-0.3, -0.25) is 4.79 Å². The van der Waals surface area contributed by atoms with Gasteiger partial charge in [-0.05, 0) is 22.8 Å². The molecule has 3 nitrogen and oxygen atoms in total. The Morgan fingerprint density at radius 3 is 2.20 bits per heavy atom. The third-order valence-electron chi connectivity index (χ3n) is 2.31. The third kappa shape index (κ3) is 2.14. The zero-order valence-corrected chi connectivity index (χ0v) is 8.23. The molecule has 2 aromatic rings. The highest BCUT2D eigenvalue weighted by Gasteiger charge is 1.96. The molecule has 0 aliphatic carbocycles. The fraction of sp³-hybridized carbons (Fsp3) is 0.0833. The first-order valence-electron chi connectivity index (χ1n) is 4.78. The highest BCUT2D eigenvalue weighted by atomic mass is 16.1. The third-order valence-corrected chi connectivity index (χ3v) is 2.31. The van der Waals surface area contributed by atoms with Crippen molar-refractivity contribution < 1.29 is 0 Å². The van der Waals surface area contributed by atoms with E-state index < -0.39 is 0 Å². The van der Waals surface area contributed by atoms with Crippen molar-refractivity contribution >= 4 is 0 Å². The highest BCUT2D eigenvalue weighted by Crippen LogP contribution is 2.17. The molecule has 0 aliphatic rings. The summed E-state index contributed by atoms with van der Waals surface area (Å²) >= 11 is 0. The van der Waals surface area contributed by atoms with E-state index in [0.29, 0.717) is 6.54 Å². The van der Waals surface area contributed by atoms with Gasteiger partial charge >= 0.3 is 0 Å². The molecular formula is C12H12N2O. The molecule has 76 valence electrons. The van der Waals surface area contributed by atoms with E-state index in [1.165, 1.54) is 6.07 Å². The largest absolute Gasteiger partial charge is 0.328 e. The number of rotatable bonds is 2. The van der Waals surface area contributed by atoms with Crippen LogP contribution in [0.2, 0.25) is 0 Å². The van der Waals surface area contributed by atoms with Crippen molar-refractivity contribution in [2.45, 2.75) is 6.54 Å². The van der Waals surface area contributed by atoms with E-state index in [4.69, 9.17) is 5.73 Å². The number of nitrogens with two attached hydrogens (primary N) is 1. The normalized spacial score (nSPS) is 10.2. The van der Waals surface area contributed by atoms with Crippen LogP contribution in [-0.2, 0) is 6.54 Å². The van der Waals surface area contributed by atoms with Crippen LogP contribution in [-0.4, -0.2) is 4.98 Å². The molecule has 0 spiro atoms. The van der Waals surface area contributed by atoms with E-state index in [9.17, 15) is 4.79 Å². The number of pyridine rings is 1. The van der Waals surface area contributed by atoms with Gasteiger partial charge in [-0.1, -0.05) is 24.3 Å². The Labute approximate surface area is 87.6 Å². The lowest BCUT2D eigenvalue weighted by Crippen LogP contribution is -2.01. The summed E-state index contributed by atoms with van der Waals surface area (Å²) in [6.07, 6.45) is 1.71. The average molecular weight is 200 g/mol.